The normalized spacial score (nSPS) is 17.8. The monoisotopic (exact) mass is 351 g/mol. The summed E-state index contributed by atoms with van der Waals surface area (Å²) in [7, 11) is 0. The highest BCUT2D eigenvalue weighted by Gasteiger charge is 2.42. The molecule has 6 heteroatoms. The van der Waals surface area contributed by atoms with Gasteiger partial charge in [0.15, 0.2) is 6.20 Å². The maximum Gasteiger partial charge on any atom is 0.259 e. The molecule has 0 bridgehead atoms. The van der Waals surface area contributed by atoms with Crippen LogP contribution in [-0.4, -0.2) is 17.5 Å². The maximum absolute atomic E-state index is 12.8. The predicted octanol–water partition coefficient (Wildman–Crippen LogP) is 1.95. The van der Waals surface area contributed by atoms with Crippen LogP contribution in [0.2, 0.25) is 0 Å². The predicted molar refractivity (Wildman–Crippen MR) is 89.5 cm³/mol. The van der Waals surface area contributed by atoms with Gasteiger partial charge >= 0.3 is 0 Å². The lowest BCUT2D eigenvalue weighted by atomic mass is 10.0. The molecule has 0 saturated heterocycles. The van der Waals surface area contributed by atoms with E-state index in [1.54, 1.807) is 24.3 Å². The molecule has 4 heterocycles. The molecule has 0 saturated carbocycles. The van der Waals surface area contributed by atoms with Crippen molar-refractivity contribution < 1.29 is 28.4 Å². The molecule has 1 aliphatic heterocycles. The second-order valence-corrected chi connectivity index (χ2v) is 6.29. The number of aromatic nitrogens is 1. The summed E-state index contributed by atoms with van der Waals surface area (Å²) >= 11 is 0. The highest BCUT2D eigenvalue weighted by Crippen LogP contribution is 2.29. The summed E-state index contributed by atoms with van der Waals surface area (Å²) in [5.41, 5.74) is 1.25. The molecule has 4 rings (SSSR count). The number of rotatable bonds is 4. The van der Waals surface area contributed by atoms with Crippen molar-refractivity contribution in [3.63, 3.8) is 0 Å². The van der Waals surface area contributed by atoms with Crippen molar-refractivity contribution in [3.05, 3.63) is 76.9 Å². The van der Waals surface area contributed by atoms with E-state index in [4.69, 9.17) is 8.83 Å². The molecule has 0 aromatic carbocycles. The van der Waals surface area contributed by atoms with Gasteiger partial charge in [0.2, 0.25) is 6.04 Å². The van der Waals surface area contributed by atoms with Crippen LogP contribution in [0.4, 0.5) is 0 Å². The molecule has 1 N–H and O–H groups in total. The molecule has 0 spiro atoms. The number of ketones is 1. The number of Topliss-reactive ketones (excluding diaryl/α,β-unsaturated/α-hetero) is 1. The van der Waals surface area contributed by atoms with Gasteiger partial charge < -0.3 is 19.0 Å². The number of aliphatic hydroxyl groups is 1. The SMILES string of the molecule is Cc1ccc(Cc2cc3[n+](cc2[O-])C(CO)/C(=C\c2ccco2)C3=O)o1. The number of hydrogen-bond acceptors (Lipinski definition) is 5. The second-order valence-electron chi connectivity index (χ2n) is 6.29. The smallest absolute Gasteiger partial charge is 0.259 e. The van der Waals surface area contributed by atoms with Gasteiger partial charge in [0, 0.05) is 12.5 Å². The first-order valence-electron chi connectivity index (χ1n) is 8.28. The zero-order valence-electron chi connectivity index (χ0n) is 14.1. The van der Waals surface area contributed by atoms with Crippen LogP contribution in [0.15, 0.2) is 57.2 Å². The van der Waals surface area contributed by atoms with Crippen molar-refractivity contribution in [2.75, 3.05) is 6.61 Å². The highest BCUT2D eigenvalue weighted by atomic mass is 16.3. The summed E-state index contributed by atoms with van der Waals surface area (Å²) in [4.78, 5) is 12.8. The average Bonchev–Trinajstić information content (AvgIpc) is 3.32. The molecule has 0 aliphatic carbocycles. The summed E-state index contributed by atoms with van der Waals surface area (Å²) < 4.78 is 12.3. The van der Waals surface area contributed by atoms with E-state index in [0.717, 1.165) is 5.76 Å². The molecule has 1 atom stereocenters. The zero-order chi connectivity index (χ0) is 18.3. The van der Waals surface area contributed by atoms with Gasteiger partial charge in [-0.25, -0.2) is 0 Å². The quantitative estimate of drug-likeness (QED) is 0.573. The average molecular weight is 351 g/mol. The standard InChI is InChI=1S/C20H17NO5/c1-12-4-5-15(26-12)7-13-8-17-20(24)16(9-14-3-2-6-25-14)18(11-22)21(17)10-19(13)23/h2-6,8-10,18,22H,7,11H2,1H3/b16-9+. The topological polar surface area (TPSA) is 90.5 Å². The fraction of sp³-hybridized carbons (Fsp3) is 0.200. The third-order valence-corrected chi connectivity index (χ3v) is 4.53. The number of aliphatic hydroxyl groups excluding tert-OH is 1. The molecule has 3 aromatic rings. The Balaban J connectivity index is 1.75. The molecule has 3 aromatic heterocycles. The van der Waals surface area contributed by atoms with Gasteiger partial charge in [0.05, 0.1) is 11.8 Å². The van der Waals surface area contributed by atoms with Crippen molar-refractivity contribution >= 4 is 11.9 Å². The Morgan fingerprint density at radius 2 is 2.19 bits per heavy atom. The Bertz CT molecular complexity index is 997. The lowest BCUT2D eigenvalue weighted by molar-refractivity contribution is -0.712. The Hall–Kier alpha value is -3.12. The van der Waals surface area contributed by atoms with E-state index < -0.39 is 6.04 Å². The van der Waals surface area contributed by atoms with Crippen LogP contribution in [0.25, 0.3) is 6.08 Å². The van der Waals surface area contributed by atoms with Crippen molar-refractivity contribution in [2.45, 2.75) is 19.4 Å². The Morgan fingerprint density at radius 3 is 2.85 bits per heavy atom. The fourth-order valence-corrected chi connectivity index (χ4v) is 3.26. The summed E-state index contributed by atoms with van der Waals surface area (Å²) in [6.45, 7) is 1.55. The minimum Gasteiger partial charge on any atom is -0.868 e. The van der Waals surface area contributed by atoms with Crippen LogP contribution in [0.3, 0.4) is 0 Å². The molecule has 6 nitrogen and oxygen atoms in total. The third kappa shape index (κ3) is 2.74. The first kappa shape index (κ1) is 16.4. The van der Waals surface area contributed by atoms with E-state index in [1.807, 2.05) is 19.1 Å². The van der Waals surface area contributed by atoms with Crippen molar-refractivity contribution in [1.29, 1.82) is 0 Å². The zero-order valence-corrected chi connectivity index (χ0v) is 14.1. The van der Waals surface area contributed by atoms with Gasteiger partial charge in [0.1, 0.15) is 23.9 Å². The minimum absolute atomic E-state index is 0.201. The lowest BCUT2D eigenvalue weighted by Gasteiger charge is -2.12. The van der Waals surface area contributed by atoms with Crippen molar-refractivity contribution in [3.8, 4) is 5.75 Å². The van der Waals surface area contributed by atoms with Gasteiger partial charge in [0.25, 0.3) is 11.5 Å². The van der Waals surface area contributed by atoms with Crippen LogP contribution in [0.1, 0.15) is 39.4 Å². The number of hydrogen-bond donors (Lipinski definition) is 1. The molecule has 0 radical (unpaired) electrons. The maximum atomic E-state index is 12.8. The summed E-state index contributed by atoms with van der Waals surface area (Å²) in [6, 6.07) is 8.09. The van der Waals surface area contributed by atoms with E-state index in [1.165, 1.54) is 17.0 Å². The minimum atomic E-state index is -0.602. The highest BCUT2D eigenvalue weighted by molar-refractivity contribution is 6.11. The lowest BCUT2D eigenvalue weighted by Crippen LogP contribution is -2.41. The summed E-state index contributed by atoms with van der Waals surface area (Å²) in [5.74, 6) is 1.53. The van der Waals surface area contributed by atoms with E-state index in [-0.39, 0.29) is 18.1 Å². The van der Waals surface area contributed by atoms with Gasteiger partial charge in [-0.1, -0.05) is 0 Å². The third-order valence-electron chi connectivity index (χ3n) is 4.53. The van der Waals surface area contributed by atoms with Gasteiger partial charge in [-0.2, -0.15) is 4.57 Å². The molecular formula is C20H17NO5. The van der Waals surface area contributed by atoms with Crippen LogP contribution in [0.5, 0.6) is 5.75 Å². The van der Waals surface area contributed by atoms with E-state index in [0.29, 0.717) is 34.8 Å². The van der Waals surface area contributed by atoms with Gasteiger partial charge in [-0.05, 0) is 48.6 Å². The fourth-order valence-electron chi connectivity index (χ4n) is 3.26. The molecular weight excluding hydrogens is 334 g/mol. The van der Waals surface area contributed by atoms with E-state index in [2.05, 4.69) is 0 Å². The second kappa shape index (κ2) is 6.31. The summed E-state index contributed by atoms with van der Waals surface area (Å²) in [6.07, 6.45) is 4.81. The Kier molecular flexibility index (Phi) is 3.97. The van der Waals surface area contributed by atoms with Crippen molar-refractivity contribution in [1.82, 2.24) is 0 Å². The largest absolute Gasteiger partial charge is 0.868 e. The molecule has 0 fully saturated rings. The number of carbonyl (C=O) groups excluding carboxylic acids is 1. The van der Waals surface area contributed by atoms with Gasteiger partial charge in [-0.15, -0.1) is 0 Å². The van der Waals surface area contributed by atoms with E-state index in [9.17, 15) is 15.0 Å². The molecule has 0 amide bonds. The van der Waals surface area contributed by atoms with Crippen LogP contribution < -0.4 is 9.67 Å². The number of furan rings is 2. The number of pyridine rings is 1. The first-order chi connectivity index (χ1) is 12.6. The van der Waals surface area contributed by atoms with E-state index >= 15 is 0 Å². The number of carbonyl (C=O) groups is 1. The summed E-state index contributed by atoms with van der Waals surface area (Å²) in [5, 5.41) is 22.3. The molecule has 132 valence electrons. The van der Waals surface area contributed by atoms with Crippen LogP contribution in [-0.2, 0) is 6.42 Å². The van der Waals surface area contributed by atoms with Crippen LogP contribution >= 0.6 is 0 Å². The Morgan fingerprint density at radius 1 is 1.35 bits per heavy atom. The molecule has 1 aliphatic rings. The first-order valence-corrected chi connectivity index (χ1v) is 8.28. The molecule has 26 heavy (non-hydrogen) atoms. The Labute approximate surface area is 149 Å². The number of nitrogens with zero attached hydrogens (tertiary/aromatic N) is 1. The van der Waals surface area contributed by atoms with Crippen LogP contribution in [0, 0.1) is 6.92 Å². The number of fused-ring (bicyclic) bond motifs is 1. The van der Waals surface area contributed by atoms with Crippen molar-refractivity contribution in [2.24, 2.45) is 0 Å². The number of aryl methyl sites for hydroxylation is 1. The molecule has 1 unspecified atom stereocenters. The van der Waals surface area contributed by atoms with Gasteiger partial charge in [-0.3, -0.25) is 4.79 Å².